The molecule has 2 aromatic rings. The van der Waals surface area contributed by atoms with Crippen molar-refractivity contribution in [1.82, 2.24) is 0 Å². The summed E-state index contributed by atoms with van der Waals surface area (Å²) in [6, 6.07) is 15.6. The first-order chi connectivity index (χ1) is 10.9. The lowest BCUT2D eigenvalue weighted by molar-refractivity contribution is -0.116. The Morgan fingerprint density at radius 1 is 1.09 bits per heavy atom. The number of hydrogen-bond donors (Lipinski definition) is 1. The van der Waals surface area contributed by atoms with Crippen molar-refractivity contribution in [1.29, 1.82) is 0 Å². The molecule has 0 heterocycles. The summed E-state index contributed by atoms with van der Waals surface area (Å²) in [5.41, 5.74) is 0.474. The molecule has 6 heteroatoms. The van der Waals surface area contributed by atoms with E-state index >= 15 is 0 Å². The Balaban J connectivity index is 1.79. The first-order valence-electron chi connectivity index (χ1n) is 7.23. The van der Waals surface area contributed by atoms with Crippen molar-refractivity contribution in [3.8, 4) is 5.75 Å². The van der Waals surface area contributed by atoms with Crippen molar-refractivity contribution in [3.63, 3.8) is 0 Å². The summed E-state index contributed by atoms with van der Waals surface area (Å²) < 4.78 is 28.5. The molecule has 0 aromatic heterocycles. The highest BCUT2D eigenvalue weighted by atomic mass is 32.2. The first-order valence-corrected chi connectivity index (χ1v) is 9.12. The number of benzene rings is 2. The van der Waals surface area contributed by atoms with Gasteiger partial charge in [-0.2, -0.15) is 0 Å². The van der Waals surface area contributed by atoms with Crippen molar-refractivity contribution in [2.75, 3.05) is 18.2 Å². The van der Waals surface area contributed by atoms with Crippen molar-refractivity contribution in [3.05, 3.63) is 54.6 Å². The Bertz CT molecular complexity index is 757. The molecule has 2 rings (SSSR count). The third-order valence-electron chi connectivity index (χ3n) is 3.11. The summed E-state index contributed by atoms with van der Waals surface area (Å²) in [7, 11) is -3.28. The van der Waals surface area contributed by atoms with Gasteiger partial charge in [0.25, 0.3) is 0 Å². The van der Waals surface area contributed by atoms with E-state index in [2.05, 4.69) is 5.32 Å². The van der Waals surface area contributed by atoms with Gasteiger partial charge in [-0.1, -0.05) is 24.3 Å². The van der Waals surface area contributed by atoms with Crippen molar-refractivity contribution < 1.29 is 17.9 Å². The minimum atomic E-state index is -3.28. The van der Waals surface area contributed by atoms with Crippen LogP contribution in [0.5, 0.6) is 5.75 Å². The van der Waals surface area contributed by atoms with E-state index in [-0.39, 0.29) is 10.8 Å². The van der Waals surface area contributed by atoms with Gasteiger partial charge in [-0.3, -0.25) is 4.79 Å². The van der Waals surface area contributed by atoms with E-state index in [1.165, 1.54) is 12.1 Å². The van der Waals surface area contributed by atoms with Crippen LogP contribution in [0, 0.1) is 0 Å². The van der Waals surface area contributed by atoms with E-state index in [0.29, 0.717) is 25.1 Å². The van der Waals surface area contributed by atoms with Gasteiger partial charge in [0.15, 0.2) is 9.84 Å². The topological polar surface area (TPSA) is 72.5 Å². The molecule has 5 nitrogen and oxygen atoms in total. The molecule has 2 aromatic carbocycles. The molecule has 23 heavy (non-hydrogen) atoms. The van der Waals surface area contributed by atoms with Crippen molar-refractivity contribution in [2.24, 2.45) is 0 Å². The number of amides is 1. The van der Waals surface area contributed by atoms with Crippen LogP contribution in [-0.2, 0) is 14.6 Å². The van der Waals surface area contributed by atoms with Gasteiger partial charge in [0.1, 0.15) is 5.75 Å². The van der Waals surface area contributed by atoms with Crippen LogP contribution in [-0.4, -0.2) is 27.2 Å². The van der Waals surface area contributed by atoms with Crippen LogP contribution >= 0.6 is 0 Å². The molecule has 0 radical (unpaired) electrons. The minimum absolute atomic E-state index is 0.174. The lowest BCUT2D eigenvalue weighted by atomic mass is 10.2. The number of nitrogens with one attached hydrogen (secondary N) is 1. The second-order valence-electron chi connectivity index (χ2n) is 5.11. The van der Waals surface area contributed by atoms with Gasteiger partial charge in [0, 0.05) is 18.4 Å². The molecule has 0 atom stereocenters. The summed E-state index contributed by atoms with van der Waals surface area (Å²) in [6.07, 6.45) is 2.01. The number of sulfone groups is 1. The molecule has 122 valence electrons. The predicted octanol–water partition coefficient (Wildman–Crippen LogP) is 2.89. The van der Waals surface area contributed by atoms with Gasteiger partial charge in [0.2, 0.25) is 5.91 Å². The number of carbonyl (C=O) groups is 1. The summed E-state index contributed by atoms with van der Waals surface area (Å²) >= 11 is 0. The van der Waals surface area contributed by atoms with Crippen LogP contribution in [0.1, 0.15) is 12.8 Å². The molecule has 0 saturated heterocycles. The second kappa shape index (κ2) is 7.78. The fraction of sp³-hybridized carbons (Fsp3) is 0.235. The lowest BCUT2D eigenvalue weighted by Crippen LogP contribution is -2.13. The maximum atomic E-state index is 11.9. The molecule has 0 bridgehead atoms. The lowest BCUT2D eigenvalue weighted by Gasteiger charge is -2.08. The van der Waals surface area contributed by atoms with Crippen molar-refractivity contribution in [2.45, 2.75) is 17.7 Å². The molecule has 0 spiro atoms. The zero-order valence-electron chi connectivity index (χ0n) is 12.9. The van der Waals surface area contributed by atoms with E-state index in [0.717, 1.165) is 12.0 Å². The Morgan fingerprint density at radius 2 is 1.83 bits per heavy atom. The molecule has 1 amide bonds. The Morgan fingerprint density at radius 3 is 2.52 bits per heavy atom. The van der Waals surface area contributed by atoms with E-state index in [9.17, 15) is 13.2 Å². The number of carbonyl (C=O) groups excluding carboxylic acids is 1. The summed E-state index contributed by atoms with van der Waals surface area (Å²) in [5, 5.41) is 2.69. The fourth-order valence-electron chi connectivity index (χ4n) is 1.97. The molecule has 0 aliphatic rings. The Labute approximate surface area is 136 Å². The maximum Gasteiger partial charge on any atom is 0.224 e. The van der Waals surface area contributed by atoms with E-state index in [1.807, 2.05) is 30.3 Å². The molecule has 0 unspecified atom stereocenters. The van der Waals surface area contributed by atoms with Gasteiger partial charge in [0.05, 0.1) is 11.5 Å². The molecular formula is C17H19NO4S. The van der Waals surface area contributed by atoms with Gasteiger partial charge in [-0.05, 0) is 36.8 Å². The zero-order chi connectivity index (χ0) is 16.7. The highest BCUT2D eigenvalue weighted by Crippen LogP contribution is 2.15. The van der Waals surface area contributed by atoms with Crippen LogP contribution in [0.3, 0.4) is 0 Å². The summed E-state index contributed by atoms with van der Waals surface area (Å²) in [4.78, 5) is 12.1. The van der Waals surface area contributed by atoms with E-state index in [1.54, 1.807) is 12.1 Å². The van der Waals surface area contributed by atoms with E-state index in [4.69, 9.17) is 4.74 Å². The molecular weight excluding hydrogens is 314 g/mol. The number of hydrogen-bond acceptors (Lipinski definition) is 4. The standard InChI is InChI=1S/C17H19NO4S/c1-23(20,21)16-10-5-7-14(13-16)18-17(19)11-6-12-22-15-8-3-2-4-9-15/h2-5,7-10,13H,6,11-12H2,1H3,(H,18,19). The van der Waals surface area contributed by atoms with Crippen LogP contribution < -0.4 is 10.1 Å². The quantitative estimate of drug-likeness (QED) is 0.791. The Hall–Kier alpha value is -2.34. The monoisotopic (exact) mass is 333 g/mol. The minimum Gasteiger partial charge on any atom is -0.494 e. The smallest absolute Gasteiger partial charge is 0.224 e. The molecule has 1 N–H and O–H groups in total. The first kappa shape index (κ1) is 17.0. The largest absolute Gasteiger partial charge is 0.494 e. The number of para-hydroxylation sites is 1. The van der Waals surface area contributed by atoms with Crippen LogP contribution in [0.15, 0.2) is 59.5 Å². The fourth-order valence-corrected chi connectivity index (χ4v) is 2.63. The number of rotatable bonds is 7. The third-order valence-corrected chi connectivity index (χ3v) is 4.22. The molecule has 0 saturated carbocycles. The normalized spacial score (nSPS) is 11.0. The second-order valence-corrected chi connectivity index (χ2v) is 7.13. The molecule has 0 aliphatic carbocycles. The summed E-state index contributed by atoms with van der Waals surface area (Å²) in [5.74, 6) is 0.598. The van der Waals surface area contributed by atoms with Crippen molar-refractivity contribution >= 4 is 21.4 Å². The molecule has 0 fully saturated rings. The highest BCUT2D eigenvalue weighted by Gasteiger charge is 2.09. The average Bonchev–Trinajstić information content (AvgIpc) is 2.52. The maximum absolute atomic E-state index is 11.9. The van der Waals surface area contributed by atoms with E-state index < -0.39 is 9.84 Å². The number of anilines is 1. The van der Waals surface area contributed by atoms with Crippen LogP contribution in [0.2, 0.25) is 0 Å². The van der Waals surface area contributed by atoms with Gasteiger partial charge in [-0.25, -0.2) is 8.42 Å². The number of ether oxygens (including phenoxy) is 1. The molecule has 0 aliphatic heterocycles. The van der Waals surface area contributed by atoms with Gasteiger partial charge in [-0.15, -0.1) is 0 Å². The van der Waals surface area contributed by atoms with Crippen LogP contribution in [0.25, 0.3) is 0 Å². The highest BCUT2D eigenvalue weighted by molar-refractivity contribution is 7.90. The SMILES string of the molecule is CS(=O)(=O)c1cccc(NC(=O)CCCOc2ccccc2)c1. The predicted molar refractivity (Wildman–Crippen MR) is 89.4 cm³/mol. The van der Waals surface area contributed by atoms with Gasteiger partial charge < -0.3 is 10.1 Å². The summed E-state index contributed by atoms with van der Waals surface area (Å²) in [6.45, 7) is 0.445. The Kier molecular flexibility index (Phi) is 5.76. The average molecular weight is 333 g/mol. The third kappa shape index (κ3) is 5.75. The van der Waals surface area contributed by atoms with Crippen LogP contribution in [0.4, 0.5) is 5.69 Å². The van der Waals surface area contributed by atoms with Gasteiger partial charge >= 0.3 is 0 Å². The zero-order valence-corrected chi connectivity index (χ0v) is 13.7.